The summed E-state index contributed by atoms with van der Waals surface area (Å²) in [5, 5.41) is 9.21. The van der Waals surface area contributed by atoms with Crippen molar-refractivity contribution < 1.29 is 9.90 Å². The predicted octanol–water partition coefficient (Wildman–Crippen LogP) is 0.579. The van der Waals surface area contributed by atoms with Gasteiger partial charge in [-0.1, -0.05) is 11.6 Å². The van der Waals surface area contributed by atoms with Gasteiger partial charge in [0.1, 0.15) is 0 Å². The first-order chi connectivity index (χ1) is 6.99. The maximum atomic E-state index is 10.9. The Bertz CT molecular complexity index is 395. The van der Waals surface area contributed by atoms with E-state index in [2.05, 4.69) is 0 Å². The van der Waals surface area contributed by atoms with E-state index in [0.717, 1.165) is 0 Å². The number of benzene rings is 1. The third kappa shape index (κ3) is 2.20. The molecule has 0 aromatic heterocycles. The standard InChI is InChI=1S/C9H12ClN3O2/c10-5-2-1-4(9(14)15)7(8(5)13)6(12)3-11/h1-2,6H,3,11-13H2,(H,14,15)/t6-/m0/s1. The van der Waals surface area contributed by atoms with Crippen molar-refractivity contribution in [3.05, 3.63) is 28.3 Å². The number of rotatable bonds is 3. The minimum Gasteiger partial charge on any atom is -0.478 e. The summed E-state index contributed by atoms with van der Waals surface area (Å²) in [5.74, 6) is -1.10. The molecule has 0 heterocycles. The number of carbonyl (C=O) groups is 1. The van der Waals surface area contributed by atoms with Crippen LogP contribution in [0.4, 0.5) is 5.69 Å². The molecule has 1 aromatic carbocycles. The van der Waals surface area contributed by atoms with E-state index in [9.17, 15) is 4.79 Å². The van der Waals surface area contributed by atoms with Crippen LogP contribution in [0.5, 0.6) is 0 Å². The molecule has 0 saturated carbocycles. The Hall–Kier alpha value is -1.30. The number of aromatic carboxylic acids is 1. The largest absolute Gasteiger partial charge is 0.478 e. The zero-order chi connectivity index (χ0) is 11.6. The topological polar surface area (TPSA) is 115 Å². The highest BCUT2D eigenvalue weighted by atomic mass is 35.5. The zero-order valence-corrected chi connectivity index (χ0v) is 8.66. The maximum Gasteiger partial charge on any atom is 0.336 e. The van der Waals surface area contributed by atoms with Crippen molar-refractivity contribution in [3.8, 4) is 0 Å². The zero-order valence-electron chi connectivity index (χ0n) is 7.90. The average molecular weight is 230 g/mol. The summed E-state index contributed by atoms with van der Waals surface area (Å²) < 4.78 is 0. The molecule has 7 N–H and O–H groups in total. The van der Waals surface area contributed by atoms with Gasteiger partial charge in [-0.05, 0) is 12.1 Å². The third-order valence-corrected chi connectivity index (χ3v) is 2.42. The number of carboxylic acid groups (broad SMARTS) is 1. The van der Waals surface area contributed by atoms with Crippen molar-refractivity contribution in [2.24, 2.45) is 11.5 Å². The molecule has 1 atom stereocenters. The van der Waals surface area contributed by atoms with Gasteiger partial charge in [-0.15, -0.1) is 0 Å². The quantitative estimate of drug-likeness (QED) is 0.566. The fourth-order valence-electron chi connectivity index (χ4n) is 1.31. The first kappa shape index (κ1) is 11.8. The van der Waals surface area contributed by atoms with Crippen LogP contribution < -0.4 is 17.2 Å². The Labute approximate surface area is 91.8 Å². The second-order valence-electron chi connectivity index (χ2n) is 3.07. The van der Waals surface area contributed by atoms with Gasteiger partial charge in [0.2, 0.25) is 0 Å². The summed E-state index contributed by atoms with van der Waals surface area (Å²) in [5.41, 5.74) is 17.2. The SMILES string of the molecule is NC[C@H](N)c1c(C(=O)O)ccc(Cl)c1N. The molecule has 0 radical (unpaired) electrons. The van der Waals surface area contributed by atoms with Gasteiger partial charge in [-0.3, -0.25) is 0 Å². The number of carboxylic acids is 1. The van der Waals surface area contributed by atoms with Gasteiger partial charge in [0.05, 0.1) is 16.3 Å². The van der Waals surface area contributed by atoms with Crippen LogP contribution in [0, 0.1) is 0 Å². The summed E-state index contributed by atoms with van der Waals surface area (Å²) >= 11 is 5.78. The van der Waals surface area contributed by atoms with Crippen molar-refractivity contribution in [1.82, 2.24) is 0 Å². The Kier molecular flexibility index (Phi) is 3.52. The molecule has 1 aromatic rings. The van der Waals surface area contributed by atoms with Crippen LogP contribution in [0.15, 0.2) is 12.1 Å². The van der Waals surface area contributed by atoms with E-state index in [0.29, 0.717) is 0 Å². The number of hydrogen-bond acceptors (Lipinski definition) is 4. The van der Waals surface area contributed by atoms with Crippen molar-refractivity contribution in [1.29, 1.82) is 0 Å². The fourth-order valence-corrected chi connectivity index (χ4v) is 1.48. The number of halogens is 1. The highest BCUT2D eigenvalue weighted by Gasteiger charge is 2.19. The number of anilines is 1. The first-order valence-corrected chi connectivity index (χ1v) is 4.63. The summed E-state index contributed by atoms with van der Waals surface area (Å²) in [7, 11) is 0. The Morgan fingerprint density at radius 1 is 1.53 bits per heavy atom. The second kappa shape index (κ2) is 4.48. The lowest BCUT2D eigenvalue weighted by Crippen LogP contribution is -2.24. The third-order valence-electron chi connectivity index (χ3n) is 2.09. The van der Waals surface area contributed by atoms with Crippen LogP contribution in [0.1, 0.15) is 22.0 Å². The summed E-state index contributed by atoms with van der Waals surface area (Å²) in [6.45, 7) is 0.102. The van der Waals surface area contributed by atoms with Gasteiger partial charge in [0.15, 0.2) is 0 Å². The molecule has 82 valence electrons. The van der Waals surface area contributed by atoms with E-state index in [1.165, 1.54) is 12.1 Å². The van der Waals surface area contributed by atoms with E-state index >= 15 is 0 Å². The van der Waals surface area contributed by atoms with E-state index in [1.807, 2.05) is 0 Å². The molecule has 0 fully saturated rings. The molecule has 0 unspecified atom stereocenters. The van der Waals surface area contributed by atoms with Gasteiger partial charge in [-0.25, -0.2) is 4.79 Å². The maximum absolute atomic E-state index is 10.9. The fraction of sp³-hybridized carbons (Fsp3) is 0.222. The van der Waals surface area contributed by atoms with E-state index in [4.69, 9.17) is 33.9 Å². The van der Waals surface area contributed by atoms with Gasteiger partial charge in [-0.2, -0.15) is 0 Å². The Morgan fingerprint density at radius 3 is 2.60 bits per heavy atom. The predicted molar refractivity (Wildman–Crippen MR) is 58.8 cm³/mol. The molecule has 1 rings (SSSR count). The van der Waals surface area contributed by atoms with Crippen LogP contribution in [0.25, 0.3) is 0 Å². The van der Waals surface area contributed by atoms with Gasteiger partial charge >= 0.3 is 5.97 Å². The molecule has 15 heavy (non-hydrogen) atoms. The minimum atomic E-state index is -1.10. The van der Waals surface area contributed by atoms with E-state index in [1.54, 1.807) is 0 Å². The molecule has 0 bridgehead atoms. The van der Waals surface area contributed by atoms with Gasteiger partial charge in [0, 0.05) is 18.2 Å². The molecule has 5 nitrogen and oxygen atoms in total. The molecule has 6 heteroatoms. The highest BCUT2D eigenvalue weighted by Crippen LogP contribution is 2.29. The molecule has 0 aliphatic rings. The van der Waals surface area contributed by atoms with Gasteiger partial charge < -0.3 is 22.3 Å². The van der Waals surface area contributed by atoms with E-state index < -0.39 is 12.0 Å². The average Bonchev–Trinajstić information content (AvgIpc) is 2.20. The van der Waals surface area contributed by atoms with Crippen LogP contribution in [0.3, 0.4) is 0 Å². The molecular weight excluding hydrogens is 218 g/mol. The molecule has 0 amide bonds. The molecular formula is C9H12ClN3O2. The summed E-state index contributed by atoms with van der Waals surface area (Å²) in [4.78, 5) is 10.9. The van der Waals surface area contributed by atoms with Crippen LogP contribution >= 0.6 is 11.6 Å². The second-order valence-corrected chi connectivity index (χ2v) is 3.48. The van der Waals surface area contributed by atoms with Crippen molar-refractivity contribution >= 4 is 23.3 Å². The first-order valence-electron chi connectivity index (χ1n) is 4.25. The minimum absolute atomic E-state index is 0.0369. The lowest BCUT2D eigenvalue weighted by atomic mass is 9.99. The molecule has 0 saturated heterocycles. The Balaban J connectivity index is 3.41. The van der Waals surface area contributed by atoms with Crippen molar-refractivity contribution in [2.75, 3.05) is 12.3 Å². The molecule has 0 aliphatic carbocycles. The van der Waals surface area contributed by atoms with Crippen LogP contribution in [-0.2, 0) is 0 Å². The smallest absolute Gasteiger partial charge is 0.336 e. The normalized spacial score (nSPS) is 12.5. The van der Waals surface area contributed by atoms with Crippen molar-refractivity contribution in [3.63, 3.8) is 0 Å². The molecule has 0 aliphatic heterocycles. The van der Waals surface area contributed by atoms with Crippen molar-refractivity contribution in [2.45, 2.75) is 6.04 Å². The van der Waals surface area contributed by atoms with Gasteiger partial charge in [0.25, 0.3) is 0 Å². The summed E-state index contributed by atoms with van der Waals surface area (Å²) in [6.07, 6.45) is 0. The van der Waals surface area contributed by atoms with E-state index in [-0.39, 0.29) is 28.4 Å². The molecule has 0 spiro atoms. The number of hydrogen-bond donors (Lipinski definition) is 4. The van der Waals surface area contributed by atoms with Crippen LogP contribution in [-0.4, -0.2) is 17.6 Å². The summed E-state index contributed by atoms with van der Waals surface area (Å²) in [6, 6.07) is 2.16. The monoisotopic (exact) mass is 229 g/mol. The Morgan fingerprint density at radius 2 is 2.13 bits per heavy atom. The number of nitrogen functional groups attached to an aromatic ring is 1. The number of nitrogens with two attached hydrogens (primary N) is 3. The highest BCUT2D eigenvalue weighted by molar-refractivity contribution is 6.33. The lowest BCUT2D eigenvalue weighted by Gasteiger charge is -2.16. The van der Waals surface area contributed by atoms with Crippen LogP contribution in [0.2, 0.25) is 5.02 Å². The lowest BCUT2D eigenvalue weighted by molar-refractivity contribution is 0.0695.